The molecule has 3 heterocycles. The maximum Gasteiger partial charge on any atom is 0.243 e. The van der Waals surface area contributed by atoms with Crippen molar-refractivity contribution < 1.29 is 9.18 Å². The molecule has 0 saturated carbocycles. The van der Waals surface area contributed by atoms with Crippen molar-refractivity contribution in [1.82, 2.24) is 14.4 Å². The van der Waals surface area contributed by atoms with Crippen LogP contribution in [0.15, 0.2) is 53.8 Å². The van der Waals surface area contributed by atoms with E-state index in [1.165, 1.54) is 17.1 Å². The molecule has 5 nitrogen and oxygen atoms in total. The van der Waals surface area contributed by atoms with E-state index in [0.717, 1.165) is 28.3 Å². The van der Waals surface area contributed by atoms with Crippen LogP contribution in [0.25, 0.3) is 16.9 Å². The molecule has 1 aliphatic rings. The summed E-state index contributed by atoms with van der Waals surface area (Å²) in [5.41, 5.74) is 4.02. The van der Waals surface area contributed by atoms with Crippen LogP contribution in [0.5, 0.6) is 0 Å². The predicted molar refractivity (Wildman–Crippen MR) is 98.3 cm³/mol. The van der Waals surface area contributed by atoms with Crippen LogP contribution >= 0.6 is 0 Å². The third-order valence-corrected chi connectivity index (χ3v) is 4.47. The van der Waals surface area contributed by atoms with Crippen molar-refractivity contribution in [1.29, 1.82) is 0 Å². The van der Waals surface area contributed by atoms with Gasteiger partial charge in [-0.3, -0.25) is 9.20 Å². The number of fused-ring (bicyclic) bond motifs is 1. The maximum absolute atomic E-state index is 13.4. The van der Waals surface area contributed by atoms with Crippen LogP contribution in [0.4, 0.5) is 4.39 Å². The number of aromatic nitrogens is 2. The molecule has 1 aliphatic heterocycles. The van der Waals surface area contributed by atoms with Crippen LogP contribution in [-0.2, 0) is 4.79 Å². The summed E-state index contributed by atoms with van der Waals surface area (Å²) in [4.78, 5) is 16.9. The molecular weight excluding hydrogens is 331 g/mol. The number of carbonyl (C=O) groups excluding carboxylic acids is 1. The van der Waals surface area contributed by atoms with Gasteiger partial charge in [-0.05, 0) is 50.2 Å². The zero-order valence-electron chi connectivity index (χ0n) is 14.7. The van der Waals surface area contributed by atoms with Crippen molar-refractivity contribution >= 4 is 17.3 Å². The Kier molecular flexibility index (Phi) is 4.03. The first-order valence-electron chi connectivity index (χ1n) is 8.67. The van der Waals surface area contributed by atoms with Crippen LogP contribution in [0.1, 0.15) is 32.4 Å². The number of rotatable bonds is 3. The smallest absolute Gasteiger partial charge is 0.243 e. The van der Waals surface area contributed by atoms with Gasteiger partial charge in [0, 0.05) is 30.6 Å². The zero-order chi connectivity index (χ0) is 18.3. The van der Waals surface area contributed by atoms with Crippen molar-refractivity contribution in [3.63, 3.8) is 0 Å². The standard InChI is InChI=1S/C20H19FN4O/c1-13(2)25-18(26)11-10-16(23-25)20-19(14-6-8-15(21)9-7-14)22-17-5-3-4-12-24(17)20/h3-9,12-13H,10-11H2,1-2H3. The molecule has 26 heavy (non-hydrogen) atoms. The third kappa shape index (κ3) is 2.77. The topological polar surface area (TPSA) is 50.0 Å². The summed E-state index contributed by atoms with van der Waals surface area (Å²) >= 11 is 0. The number of carbonyl (C=O) groups is 1. The monoisotopic (exact) mass is 350 g/mol. The summed E-state index contributed by atoms with van der Waals surface area (Å²) in [6, 6.07) is 12.1. The Balaban J connectivity index is 1.93. The molecule has 0 N–H and O–H groups in total. The van der Waals surface area contributed by atoms with Crippen molar-refractivity contribution in [2.45, 2.75) is 32.7 Å². The van der Waals surface area contributed by atoms with Gasteiger partial charge in [-0.2, -0.15) is 5.10 Å². The summed E-state index contributed by atoms with van der Waals surface area (Å²) in [5.74, 6) is -0.258. The van der Waals surface area contributed by atoms with Crippen molar-refractivity contribution in [3.8, 4) is 11.3 Å². The van der Waals surface area contributed by atoms with Gasteiger partial charge in [0.15, 0.2) is 0 Å². The van der Waals surface area contributed by atoms with E-state index in [2.05, 4.69) is 5.10 Å². The second-order valence-electron chi connectivity index (χ2n) is 6.62. The third-order valence-electron chi connectivity index (χ3n) is 4.47. The van der Waals surface area contributed by atoms with Crippen molar-refractivity contribution in [2.24, 2.45) is 5.10 Å². The molecule has 0 spiro atoms. The van der Waals surface area contributed by atoms with Crippen LogP contribution < -0.4 is 0 Å². The fraction of sp³-hybridized carbons (Fsp3) is 0.250. The van der Waals surface area contributed by atoms with Crippen molar-refractivity contribution in [3.05, 3.63) is 60.2 Å². The highest BCUT2D eigenvalue weighted by atomic mass is 19.1. The Bertz CT molecular complexity index is 1000. The number of hydrogen-bond donors (Lipinski definition) is 0. The van der Waals surface area contributed by atoms with Gasteiger partial charge in [0.05, 0.1) is 17.1 Å². The van der Waals surface area contributed by atoms with Gasteiger partial charge in [0.1, 0.15) is 11.5 Å². The lowest BCUT2D eigenvalue weighted by Crippen LogP contribution is -2.37. The van der Waals surface area contributed by atoms with E-state index in [1.54, 1.807) is 12.1 Å². The second kappa shape index (κ2) is 6.37. The molecule has 0 aliphatic carbocycles. The number of hydrazone groups is 1. The van der Waals surface area contributed by atoms with Gasteiger partial charge in [0.25, 0.3) is 0 Å². The zero-order valence-corrected chi connectivity index (χ0v) is 14.7. The van der Waals surface area contributed by atoms with E-state index >= 15 is 0 Å². The number of amides is 1. The van der Waals surface area contributed by atoms with Crippen molar-refractivity contribution in [2.75, 3.05) is 0 Å². The van der Waals surface area contributed by atoms with Crippen LogP contribution in [0, 0.1) is 5.82 Å². The number of halogens is 1. The normalized spacial score (nSPS) is 15.0. The summed E-state index contributed by atoms with van der Waals surface area (Å²) in [5, 5.41) is 6.16. The van der Waals surface area contributed by atoms with Gasteiger partial charge in [0.2, 0.25) is 5.91 Å². The molecule has 6 heteroatoms. The van der Waals surface area contributed by atoms with E-state index in [1.807, 2.05) is 42.6 Å². The number of benzene rings is 1. The first kappa shape index (κ1) is 16.4. The van der Waals surface area contributed by atoms with Crippen LogP contribution in [0.2, 0.25) is 0 Å². The van der Waals surface area contributed by atoms with Gasteiger partial charge in [-0.25, -0.2) is 14.4 Å². The first-order chi connectivity index (χ1) is 12.5. The molecule has 3 aromatic rings. The number of hydrogen-bond acceptors (Lipinski definition) is 3. The van der Waals surface area contributed by atoms with Gasteiger partial charge in [-0.1, -0.05) is 6.07 Å². The van der Waals surface area contributed by atoms with E-state index in [0.29, 0.717) is 12.8 Å². The van der Waals surface area contributed by atoms with Crippen LogP contribution in [0.3, 0.4) is 0 Å². The first-order valence-corrected chi connectivity index (χ1v) is 8.67. The Hall–Kier alpha value is -3.02. The minimum atomic E-state index is -0.286. The molecule has 2 aromatic heterocycles. The Morgan fingerprint density at radius 3 is 2.58 bits per heavy atom. The van der Waals surface area contributed by atoms with E-state index in [-0.39, 0.29) is 17.8 Å². The molecule has 0 atom stereocenters. The predicted octanol–water partition coefficient (Wildman–Crippen LogP) is 3.88. The average Bonchev–Trinajstić information content (AvgIpc) is 3.02. The molecule has 0 radical (unpaired) electrons. The fourth-order valence-electron chi connectivity index (χ4n) is 3.23. The fourth-order valence-corrected chi connectivity index (χ4v) is 3.23. The molecule has 0 saturated heterocycles. The SMILES string of the molecule is CC(C)N1N=C(c2c(-c3ccc(F)cc3)nc3ccccn23)CCC1=O. The molecule has 1 aromatic carbocycles. The quantitative estimate of drug-likeness (QED) is 0.720. The maximum atomic E-state index is 13.4. The largest absolute Gasteiger partial charge is 0.298 e. The lowest BCUT2D eigenvalue weighted by atomic mass is 10.0. The van der Waals surface area contributed by atoms with Gasteiger partial charge in [-0.15, -0.1) is 0 Å². The summed E-state index contributed by atoms with van der Waals surface area (Å²) in [6.07, 6.45) is 2.90. The molecule has 0 unspecified atom stereocenters. The number of imidazole rings is 1. The average molecular weight is 350 g/mol. The summed E-state index contributed by atoms with van der Waals surface area (Å²) in [6.45, 7) is 3.89. The molecule has 0 fully saturated rings. The highest BCUT2D eigenvalue weighted by molar-refractivity contribution is 6.07. The van der Waals surface area contributed by atoms with E-state index in [4.69, 9.17) is 4.98 Å². The Morgan fingerprint density at radius 2 is 1.85 bits per heavy atom. The molecule has 4 rings (SSSR count). The molecular formula is C20H19FN4O. The van der Waals surface area contributed by atoms with Gasteiger partial charge < -0.3 is 0 Å². The van der Waals surface area contributed by atoms with E-state index in [9.17, 15) is 9.18 Å². The summed E-state index contributed by atoms with van der Waals surface area (Å²) in [7, 11) is 0. The van der Waals surface area contributed by atoms with Crippen LogP contribution in [-0.4, -0.2) is 32.1 Å². The second-order valence-corrected chi connectivity index (χ2v) is 6.62. The highest BCUT2D eigenvalue weighted by Gasteiger charge is 2.27. The molecule has 0 bridgehead atoms. The minimum absolute atomic E-state index is 0.00810. The Labute approximate surface area is 150 Å². The minimum Gasteiger partial charge on any atom is -0.298 e. The van der Waals surface area contributed by atoms with E-state index < -0.39 is 0 Å². The molecule has 132 valence electrons. The highest BCUT2D eigenvalue weighted by Crippen LogP contribution is 2.28. The number of pyridine rings is 1. The molecule has 1 amide bonds. The summed E-state index contributed by atoms with van der Waals surface area (Å²) < 4.78 is 15.3. The number of nitrogens with zero attached hydrogens (tertiary/aromatic N) is 4. The lowest BCUT2D eigenvalue weighted by molar-refractivity contribution is -0.133. The Morgan fingerprint density at radius 1 is 1.08 bits per heavy atom. The lowest BCUT2D eigenvalue weighted by Gasteiger charge is -2.26. The van der Waals surface area contributed by atoms with Gasteiger partial charge >= 0.3 is 0 Å².